The minimum Gasteiger partial charge on any atom is -0.308 e. The summed E-state index contributed by atoms with van der Waals surface area (Å²) in [5, 5.41) is 2.68. The topological polar surface area (TPSA) is 3.24 Å². The van der Waals surface area contributed by atoms with Gasteiger partial charge in [0.15, 0.2) is 0 Å². The Morgan fingerprint density at radius 1 is 0.767 bits per heavy atom. The third-order valence-corrected chi connectivity index (χ3v) is 7.99. The molecule has 1 aromatic heterocycles. The average Bonchev–Trinajstić information content (AvgIpc) is 3.14. The van der Waals surface area contributed by atoms with Gasteiger partial charge in [-0.1, -0.05) is 78.3 Å². The van der Waals surface area contributed by atoms with Crippen LogP contribution in [0.4, 0.5) is 17.1 Å². The number of para-hydroxylation sites is 1. The van der Waals surface area contributed by atoms with Crippen molar-refractivity contribution in [2.45, 2.75) is 19.3 Å². The summed E-state index contributed by atoms with van der Waals surface area (Å²) >= 11 is 5.61. The zero-order valence-corrected chi connectivity index (χ0v) is 19.2. The molecule has 0 atom stereocenters. The van der Waals surface area contributed by atoms with Crippen molar-refractivity contribution in [2.75, 3.05) is 4.90 Å². The van der Waals surface area contributed by atoms with Gasteiger partial charge in [0.05, 0.1) is 16.1 Å². The Hall–Kier alpha value is -2.62. The Kier molecular flexibility index (Phi) is 3.90. The van der Waals surface area contributed by atoms with E-state index in [9.17, 15) is 0 Å². The van der Waals surface area contributed by atoms with Crippen molar-refractivity contribution in [3.63, 3.8) is 0 Å². The van der Waals surface area contributed by atoms with E-state index in [2.05, 4.69) is 120 Å². The number of rotatable bonds is 1. The van der Waals surface area contributed by atoms with Gasteiger partial charge in [0.2, 0.25) is 0 Å². The molecular formula is C27H20BrNS. The SMILES string of the molecule is CC1(C)c2cc(Br)ccc2N(c2ccccc2)c2c1ccc1c2sc2ccccc21. The molecule has 0 amide bonds. The largest absolute Gasteiger partial charge is 0.308 e. The Morgan fingerprint density at radius 3 is 2.37 bits per heavy atom. The summed E-state index contributed by atoms with van der Waals surface area (Å²) in [4.78, 5) is 2.46. The lowest BCUT2D eigenvalue weighted by Crippen LogP contribution is -2.30. The van der Waals surface area contributed by atoms with Crippen molar-refractivity contribution in [1.29, 1.82) is 0 Å². The number of fused-ring (bicyclic) bond motifs is 6. The molecule has 0 spiro atoms. The molecular weight excluding hydrogens is 450 g/mol. The van der Waals surface area contributed by atoms with Crippen molar-refractivity contribution in [3.05, 3.63) is 101 Å². The van der Waals surface area contributed by atoms with Crippen LogP contribution in [0.5, 0.6) is 0 Å². The van der Waals surface area contributed by atoms with Crippen LogP contribution in [-0.2, 0) is 5.41 Å². The van der Waals surface area contributed by atoms with Crippen LogP contribution in [-0.4, -0.2) is 0 Å². The minimum absolute atomic E-state index is 0.0932. The maximum absolute atomic E-state index is 3.70. The van der Waals surface area contributed by atoms with E-state index < -0.39 is 0 Å². The molecule has 5 aromatic rings. The smallest absolute Gasteiger partial charge is 0.0681 e. The number of thiophene rings is 1. The van der Waals surface area contributed by atoms with Gasteiger partial charge in [0.25, 0.3) is 0 Å². The summed E-state index contributed by atoms with van der Waals surface area (Å²) in [6.07, 6.45) is 0. The van der Waals surface area contributed by atoms with Crippen LogP contribution in [0, 0.1) is 0 Å². The minimum atomic E-state index is -0.0932. The lowest BCUT2D eigenvalue weighted by Gasteiger charge is -2.42. The molecule has 0 unspecified atom stereocenters. The van der Waals surface area contributed by atoms with Crippen molar-refractivity contribution in [3.8, 4) is 0 Å². The van der Waals surface area contributed by atoms with Gasteiger partial charge in [-0.25, -0.2) is 0 Å². The average molecular weight is 470 g/mol. The van der Waals surface area contributed by atoms with Gasteiger partial charge in [0.1, 0.15) is 0 Å². The Labute approximate surface area is 188 Å². The van der Waals surface area contributed by atoms with E-state index in [-0.39, 0.29) is 5.41 Å². The molecule has 4 aromatic carbocycles. The Balaban J connectivity index is 1.78. The lowest BCUT2D eigenvalue weighted by molar-refractivity contribution is 0.633. The first-order valence-corrected chi connectivity index (χ1v) is 11.8. The molecule has 1 aliphatic heterocycles. The van der Waals surface area contributed by atoms with Crippen LogP contribution in [0.25, 0.3) is 20.2 Å². The number of hydrogen-bond acceptors (Lipinski definition) is 2. The molecule has 0 saturated heterocycles. The predicted molar refractivity (Wildman–Crippen MR) is 134 cm³/mol. The van der Waals surface area contributed by atoms with Crippen molar-refractivity contribution >= 4 is 64.5 Å². The highest BCUT2D eigenvalue weighted by Gasteiger charge is 2.38. The van der Waals surface area contributed by atoms with Gasteiger partial charge in [-0.15, -0.1) is 11.3 Å². The standard InChI is InChI=1S/C27H20BrNS/c1-27(2)21-14-13-20-19-10-6-7-11-24(19)30-26(20)25(21)29(18-8-4-3-5-9-18)23-15-12-17(28)16-22(23)27/h3-16H,1-2H3. The summed E-state index contributed by atoms with van der Waals surface area (Å²) in [6, 6.07) is 30.9. The van der Waals surface area contributed by atoms with E-state index >= 15 is 0 Å². The van der Waals surface area contributed by atoms with Gasteiger partial charge in [-0.3, -0.25) is 0 Å². The molecule has 0 aliphatic carbocycles. The van der Waals surface area contributed by atoms with Crippen LogP contribution in [0.2, 0.25) is 0 Å². The number of anilines is 3. The lowest BCUT2D eigenvalue weighted by atomic mass is 9.73. The van der Waals surface area contributed by atoms with Crippen LogP contribution >= 0.6 is 27.3 Å². The molecule has 0 saturated carbocycles. The predicted octanol–water partition coefficient (Wildman–Crippen LogP) is 8.93. The van der Waals surface area contributed by atoms with E-state index in [1.54, 1.807) is 0 Å². The van der Waals surface area contributed by atoms with Crippen LogP contribution in [0.3, 0.4) is 0 Å². The van der Waals surface area contributed by atoms with Gasteiger partial charge in [-0.2, -0.15) is 0 Å². The molecule has 6 rings (SSSR count). The van der Waals surface area contributed by atoms with Gasteiger partial charge < -0.3 is 4.90 Å². The van der Waals surface area contributed by atoms with Gasteiger partial charge >= 0.3 is 0 Å². The summed E-state index contributed by atoms with van der Waals surface area (Å²) in [7, 11) is 0. The molecule has 0 radical (unpaired) electrons. The zero-order valence-electron chi connectivity index (χ0n) is 16.8. The van der Waals surface area contributed by atoms with Crippen molar-refractivity contribution in [1.82, 2.24) is 0 Å². The zero-order chi connectivity index (χ0) is 20.5. The molecule has 0 fully saturated rings. The Morgan fingerprint density at radius 2 is 1.53 bits per heavy atom. The second-order valence-electron chi connectivity index (χ2n) is 8.39. The summed E-state index contributed by atoms with van der Waals surface area (Å²) in [6.45, 7) is 4.69. The third-order valence-electron chi connectivity index (χ3n) is 6.30. The second-order valence-corrected chi connectivity index (χ2v) is 10.4. The number of benzene rings is 4. The van der Waals surface area contributed by atoms with E-state index in [0.29, 0.717) is 0 Å². The number of nitrogens with zero attached hydrogens (tertiary/aromatic N) is 1. The highest BCUT2D eigenvalue weighted by molar-refractivity contribution is 9.10. The molecule has 2 heterocycles. The second kappa shape index (κ2) is 6.44. The third kappa shape index (κ3) is 2.46. The summed E-state index contributed by atoms with van der Waals surface area (Å²) < 4.78 is 3.82. The number of halogens is 1. The van der Waals surface area contributed by atoms with Crippen molar-refractivity contribution < 1.29 is 0 Å². The van der Waals surface area contributed by atoms with Gasteiger partial charge in [-0.05, 0) is 47.5 Å². The first-order chi connectivity index (χ1) is 14.6. The number of hydrogen-bond donors (Lipinski definition) is 0. The maximum Gasteiger partial charge on any atom is 0.0681 e. The summed E-state index contributed by atoms with van der Waals surface area (Å²) in [5.41, 5.74) is 6.39. The molecule has 0 N–H and O–H groups in total. The normalized spacial score (nSPS) is 14.7. The molecule has 146 valence electrons. The molecule has 1 aliphatic rings. The van der Waals surface area contributed by atoms with E-state index in [4.69, 9.17) is 0 Å². The quantitative estimate of drug-likeness (QED) is 0.236. The van der Waals surface area contributed by atoms with Crippen LogP contribution in [0.15, 0.2) is 89.4 Å². The first kappa shape index (κ1) is 18.2. The fraction of sp³-hybridized carbons (Fsp3) is 0.111. The molecule has 3 heteroatoms. The molecule has 30 heavy (non-hydrogen) atoms. The van der Waals surface area contributed by atoms with E-state index in [0.717, 1.165) is 4.47 Å². The Bertz CT molecular complexity index is 1430. The molecule has 1 nitrogen and oxygen atoms in total. The van der Waals surface area contributed by atoms with E-state index in [1.165, 1.54) is 48.4 Å². The first-order valence-electron chi connectivity index (χ1n) is 10.2. The maximum atomic E-state index is 3.70. The van der Waals surface area contributed by atoms with Crippen molar-refractivity contribution in [2.24, 2.45) is 0 Å². The summed E-state index contributed by atoms with van der Waals surface area (Å²) in [5.74, 6) is 0. The highest BCUT2D eigenvalue weighted by atomic mass is 79.9. The molecule has 0 bridgehead atoms. The monoisotopic (exact) mass is 469 g/mol. The highest BCUT2D eigenvalue weighted by Crippen LogP contribution is 2.56. The van der Waals surface area contributed by atoms with E-state index in [1.807, 2.05) is 11.3 Å². The van der Waals surface area contributed by atoms with Gasteiger partial charge in [0, 0.05) is 31.0 Å². The fourth-order valence-electron chi connectivity index (χ4n) is 4.82. The fourth-order valence-corrected chi connectivity index (χ4v) is 6.42. The van der Waals surface area contributed by atoms with Crippen LogP contribution in [0.1, 0.15) is 25.0 Å². The van der Waals surface area contributed by atoms with Crippen LogP contribution < -0.4 is 4.90 Å².